The standard InChI is InChI=1S/C19H14N2O/c20-19(22)16-9-8-12-4-1-2-5-13(12)18(16)15-6-3-7-17-14(15)10-11-21-17/h1-11,21H,(H2,20,22). The molecule has 3 aromatic carbocycles. The Labute approximate surface area is 127 Å². The van der Waals surface area contributed by atoms with Crippen molar-refractivity contribution in [2.24, 2.45) is 5.73 Å². The number of hydrogen-bond acceptors (Lipinski definition) is 1. The zero-order valence-corrected chi connectivity index (χ0v) is 11.8. The van der Waals surface area contributed by atoms with Gasteiger partial charge in [-0.1, -0.05) is 42.5 Å². The maximum atomic E-state index is 11.9. The van der Waals surface area contributed by atoms with Crippen LogP contribution in [0.3, 0.4) is 0 Å². The van der Waals surface area contributed by atoms with E-state index in [4.69, 9.17) is 5.73 Å². The molecule has 0 aliphatic heterocycles. The monoisotopic (exact) mass is 286 g/mol. The topological polar surface area (TPSA) is 58.9 Å². The first-order chi connectivity index (χ1) is 10.8. The van der Waals surface area contributed by atoms with Crippen molar-refractivity contribution in [1.29, 1.82) is 0 Å². The van der Waals surface area contributed by atoms with Gasteiger partial charge in [0.1, 0.15) is 0 Å². The van der Waals surface area contributed by atoms with Gasteiger partial charge in [-0.25, -0.2) is 0 Å². The van der Waals surface area contributed by atoms with E-state index in [9.17, 15) is 4.79 Å². The number of hydrogen-bond donors (Lipinski definition) is 2. The van der Waals surface area contributed by atoms with Crippen LogP contribution in [0.15, 0.2) is 66.9 Å². The molecule has 0 spiro atoms. The lowest BCUT2D eigenvalue weighted by atomic mass is 9.91. The Morgan fingerprint density at radius 3 is 2.59 bits per heavy atom. The fourth-order valence-electron chi connectivity index (χ4n) is 3.07. The largest absolute Gasteiger partial charge is 0.366 e. The van der Waals surface area contributed by atoms with Gasteiger partial charge >= 0.3 is 0 Å². The van der Waals surface area contributed by atoms with Gasteiger partial charge in [-0.15, -0.1) is 0 Å². The van der Waals surface area contributed by atoms with Gasteiger partial charge in [0.2, 0.25) is 5.91 Å². The van der Waals surface area contributed by atoms with E-state index in [0.29, 0.717) is 5.56 Å². The van der Waals surface area contributed by atoms with Gasteiger partial charge < -0.3 is 10.7 Å². The summed E-state index contributed by atoms with van der Waals surface area (Å²) in [7, 11) is 0. The highest BCUT2D eigenvalue weighted by Gasteiger charge is 2.15. The molecule has 4 aromatic rings. The third kappa shape index (κ3) is 1.79. The second-order valence-corrected chi connectivity index (χ2v) is 5.32. The third-order valence-electron chi connectivity index (χ3n) is 4.06. The molecule has 0 saturated carbocycles. The highest BCUT2D eigenvalue weighted by atomic mass is 16.1. The Balaban J connectivity index is 2.19. The van der Waals surface area contributed by atoms with Crippen molar-refractivity contribution in [1.82, 2.24) is 4.98 Å². The van der Waals surface area contributed by atoms with Crippen molar-refractivity contribution in [2.45, 2.75) is 0 Å². The molecule has 22 heavy (non-hydrogen) atoms. The smallest absolute Gasteiger partial charge is 0.249 e. The van der Waals surface area contributed by atoms with Gasteiger partial charge in [-0.05, 0) is 34.5 Å². The molecule has 0 unspecified atom stereocenters. The van der Waals surface area contributed by atoms with Gasteiger partial charge in [0, 0.05) is 28.2 Å². The first kappa shape index (κ1) is 12.7. The average Bonchev–Trinajstić information content (AvgIpc) is 3.02. The molecular formula is C19H14N2O. The molecule has 0 radical (unpaired) electrons. The lowest BCUT2D eigenvalue weighted by Crippen LogP contribution is -2.12. The van der Waals surface area contributed by atoms with Crippen LogP contribution in [-0.2, 0) is 0 Å². The van der Waals surface area contributed by atoms with Gasteiger partial charge in [-0.2, -0.15) is 0 Å². The number of H-pyrrole nitrogens is 1. The number of aromatic nitrogens is 1. The van der Waals surface area contributed by atoms with Crippen molar-refractivity contribution < 1.29 is 4.79 Å². The second kappa shape index (κ2) is 4.74. The van der Waals surface area contributed by atoms with Gasteiger partial charge in [0.05, 0.1) is 0 Å². The first-order valence-corrected chi connectivity index (χ1v) is 7.14. The summed E-state index contributed by atoms with van der Waals surface area (Å²) in [4.78, 5) is 15.1. The summed E-state index contributed by atoms with van der Waals surface area (Å²) in [6.07, 6.45) is 1.91. The van der Waals surface area contributed by atoms with E-state index in [1.807, 2.05) is 66.9 Å². The highest BCUT2D eigenvalue weighted by molar-refractivity contribution is 6.13. The summed E-state index contributed by atoms with van der Waals surface area (Å²) in [5.74, 6) is -0.409. The maximum Gasteiger partial charge on any atom is 0.249 e. The number of rotatable bonds is 2. The molecule has 4 rings (SSSR count). The summed E-state index contributed by atoms with van der Waals surface area (Å²) in [5.41, 5.74) is 9.12. The number of nitrogens with two attached hydrogens (primary N) is 1. The molecule has 1 heterocycles. The van der Waals surface area contributed by atoms with Crippen LogP contribution in [0.1, 0.15) is 10.4 Å². The number of primary amides is 1. The summed E-state index contributed by atoms with van der Waals surface area (Å²) >= 11 is 0. The Morgan fingerprint density at radius 2 is 1.73 bits per heavy atom. The van der Waals surface area contributed by atoms with E-state index in [1.165, 1.54) is 0 Å². The lowest BCUT2D eigenvalue weighted by molar-refractivity contribution is 0.100. The first-order valence-electron chi connectivity index (χ1n) is 7.14. The Morgan fingerprint density at radius 1 is 0.864 bits per heavy atom. The van der Waals surface area contributed by atoms with Crippen LogP contribution in [0.5, 0.6) is 0 Å². The highest BCUT2D eigenvalue weighted by Crippen LogP contribution is 2.36. The molecule has 1 aromatic heterocycles. The lowest BCUT2D eigenvalue weighted by Gasteiger charge is -2.12. The molecule has 3 heteroatoms. The average molecular weight is 286 g/mol. The third-order valence-corrected chi connectivity index (χ3v) is 4.06. The minimum Gasteiger partial charge on any atom is -0.366 e. The Kier molecular flexibility index (Phi) is 2.73. The Hall–Kier alpha value is -3.07. The molecule has 0 atom stereocenters. The van der Waals surface area contributed by atoms with E-state index in [1.54, 1.807) is 0 Å². The summed E-state index contributed by atoms with van der Waals surface area (Å²) in [6.45, 7) is 0. The van der Waals surface area contributed by atoms with Crippen LogP contribution in [0, 0.1) is 0 Å². The van der Waals surface area contributed by atoms with Gasteiger partial charge in [-0.3, -0.25) is 4.79 Å². The number of benzene rings is 3. The fraction of sp³-hybridized carbons (Fsp3) is 0. The number of carbonyl (C=O) groups excluding carboxylic acids is 1. The maximum absolute atomic E-state index is 11.9. The van der Waals surface area contributed by atoms with Crippen molar-refractivity contribution in [3.8, 4) is 11.1 Å². The number of nitrogens with one attached hydrogen (secondary N) is 1. The zero-order chi connectivity index (χ0) is 15.1. The number of amides is 1. The van der Waals surface area contributed by atoms with E-state index in [2.05, 4.69) is 4.98 Å². The molecule has 0 fully saturated rings. The van der Waals surface area contributed by atoms with E-state index in [-0.39, 0.29) is 0 Å². The molecule has 1 amide bonds. The van der Waals surface area contributed by atoms with E-state index < -0.39 is 5.91 Å². The summed E-state index contributed by atoms with van der Waals surface area (Å²) in [6, 6.07) is 19.9. The predicted octanol–water partition coefficient (Wildman–Crippen LogP) is 4.09. The molecule has 0 aliphatic rings. The fourth-order valence-corrected chi connectivity index (χ4v) is 3.07. The number of carbonyl (C=O) groups is 1. The van der Waals surface area contributed by atoms with Crippen LogP contribution < -0.4 is 5.73 Å². The van der Waals surface area contributed by atoms with Crippen LogP contribution in [0.25, 0.3) is 32.8 Å². The SMILES string of the molecule is NC(=O)c1ccc2ccccc2c1-c1cccc2[nH]ccc12. The second-order valence-electron chi connectivity index (χ2n) is 5.32. The molecule has 106 valence electrons. The minimum atomic E-state index is -0.409. The van der Waals surface area contributed by atoms with E-state index in [0.717, 1.165) is 32.8 Å². The van der Waals surface area contributed by atoms with Crippen LogP contribution in [-0.4, -0.2) is 10.9 Å². The quantitative estimate of drug-likeness (QED) is 0.573. The summed E-state index contributed by atoms with van der Waals surface area (Å²) in [5, 5.41) is 3.21. The number of fused-ring (bicyclic) bond motifs is 2. The van der Waals surface area contributed by atoms with Crippen molar-refractivity contribution in [3.05, 3.63) is 72.4 Å². The molecule has 3 N–H and O–H groups in total. The van der Waals surface area contributed by atoms with E-state index >= 15 is 0 Å². The molecular weight excluding hydrogens is 272 g/mol. The van der Waals surface area contributed by atoms with Crippen molar-refractivity contribution >= 4 is 27.6 Å². The molecule has 0 bridgehead atoms. The van der Waals surface area contributed by atoms with Crippen molar-refractivity contribution in [3.63, 3.8) is 0 Å². The number of aromatic amines is 1. The van der Waals surface area contributed by atoms with Crippen LogP contribution in [0.4, 0.5) is 0 Å². The zero-order valence-electron chi connectivity index (χ0n) is 11.8. The Bertz CT molecular complexity index is 1010. The van der Waals surface area contributed by atoms with Crippen molar-refractivity contribution in [2.75, 3.05) is 0 Å². The molecule has 3 nitrogen and oxygen atoms in total. The molecule has 0 aliphatic carbocycles. The molecule has 0 saturated heterocycles. The van der Waals surface area contributed by atoms with Gasteiger partial charge in [0.15, 0.2) is 0 Å². The van der Waals surface area contributed by atoms with Gasteiger partial charge in [0.25, 0.3) is 0 Å². The van der Waals surface area contributed by atoms with Crippen LogP contribution in [0.2, 0.25) is 0 Å². The predicted molar refractivity (Wildman–Crippen MR) is 89.8 cm³/mol. The normalized spacial score (nSPS) is 11.1. The van der Waals surface area contributed by atoms with Crippen LogP contribution >= 0.6 is 0 Å². The summed E-state index contributed by atoms with van der Waals surface area (Å²) < 4.78 is 0. The minimum absolute atomic E-state index is 0.409.